The van der Waals surface area contributed by atoms with Crippen LogP contribution >= 0.6 is 11.8 Å². The lowest BCUT2D eigenvalue weighted by atomic mass is 9.69. The zero-order valence-corrected chi connectivity index (χ0v) is 21.5. The lowest BCUT2D eigenvalue weighted by molar-refractivity contribution is -0.118. The summed E-state index contributed by atoms with van der Waals surface area (Å²) in [5, 5.41) is 3.97. The first-order valence-electron chi connectivity index (χ1n) is 11.7. The van der Waals surface area contributed by atoms with E-state index >= 15 is 0 Å². The lowest BCUT2D eigenvalue weighted by Gasteiger charge is -2.38. The lowest BCUT2D eigenvalue weighted by Crippen LogP contribution is -2.37. The standard InChI is InChI=1S/C26H33N3O4S/c1-14(2)9-10-34-25-28-23-22(24(31)29-25)20(15-7-8-18(32-5)19(11-15)33-6)21-16(27-23)12-26(3,4)13-17(21)30/h7-8,11,14,20H,9-10,12-13H2,1-6H3,(H2,27,28,29,31)/t20-/m0/s1. The predicted octanol–water partition coefficient (Wildman–Crippen LogP) is 5.13. The van der Waals surface area contributed by atoms with E-state index < -0.39 is 5.92 Å². The van der Waals surface area contributed by atoms with Gasteiger partial charge in [-0.1, -0.05) is 45.5 Å². The highest BCUT2D eigenvalue weighted by Gasteiger charge is 2.42. The molecule has 8 heteroatoms. The number of ether oxygens (including phenoxy) is 2. The van der Waals surface area contributed by atoms with Gasteiger partial charge in [0.1, 0.15) is 5.82 Å². The van der Waals surface area contributed by atoms with Crippen LogP contribution in [0.5, 0.6) is 11.5 Å². The van der Waals surface area contributed by atoms with E-state index in [4.69, 9.17) is 14.5 Å². The molecule has 0 bridgehead atoms. The predicted molar refractivity (Wildman–Crippen MR) is 135 cm³/mol. The van der Waals surface area contributed by atoms with Gasteiger partial charge in [-0.05, 0) is 41.9 Å². The minimum atomic E-state index is -0.527. The van der Waals surface area contributed by atoms with Crippen molar-refractivity contribution in [2.45, 2.75) is 58.0 Å². The van der Waals surface area contributed by atoms with E-state index in [2.05, 4.69) is 38.0 Å². The van der Waals surface area contributed by atoms with Crippen LogP contribution in [-0.4, -0.2) is 35.7 Å². The van der Waals surface area contributed by atoms with Gasteiger partial charge in [0.15, 0.2) is 22.4 Å². The maximum absolute atomic E-state index is 13.4. The van der Waals surface area contributed by atoms with E-state index in [0.717, 1.165) is 23.4 Å². The third kappa shape index (κ3) is 4.73. The van der Waals surface area contributed by atoms with Crippen molar-refractivity contribution in [2.24, 2.45) is 11.3 Å². The Kier molecular flexibility index (Phi) is 6.80. The van der Waals surface area contributed by atoms with Crippen LogP contribution in [0.1, 0.15) is 64.0 Å². The number of carbonyl (C=O) groups is 1. The number of carbonyl (C=O) groups excluding carboxylic acids is 1. The molecule has 2 aliphatic rings. The molecule has 1 aliphatic carbocycles. The summed E-state index contributed by atoms with van der Waals surface area (Å²) in [5.41, 5.74) is 2.36. The molecule has 1 aromatic heterocycles. The molecule has 2 aromatic rings. The van der Waals surface area contributed by atoms with Gasteiger partial charge in [0.05, 0.1) is 19.8 Å². The third-order valence-corrected chi connectivity index (χ3v) is 7.28. The number of aromatic nitrogens is 2. The molecule has 4 rings (SSSR count). The van der Waals surface area contributed by atoms with Crippen LogP contribution in [0.25, 0.3) is 0 Å². The van der Waals surface area contributed by atoms with Crippen LogP contribution in [0, 0.1) is 11.3 Å². The van der Waals surface area contributed by atoms with Crippen molar-refractivity contribution >= 4 is 23.4 Å². The molecular formula is C26H33N3O4S. The van der Waals surface area contributed by atoms with Crippen molar-refractivity contribution in [2.75, 3.05) is 25.3 Å². The Labute approximate surface area is 204 Å². The van der Waals surface area contributed by atoms with E-state index in [-0.39, 0.29) is 16.8 Å². The Morgan fingerprint density at radius 2 is 1.88 bits per heavy atom. The van der Waals surface area contributed by atoms with Crippen LogP contribution in [-0.2, 0) is 4.79 Å². The topological polar surface area (TPSA) is 93.3 Å². The van der Waals surface area contributed by atoms with Gasteiger partial charge in [0.2, 0.25) is 0 Å². The molecule has 0 fully saturated rings. The number of anilines is 1. The zero-order valence-electron chi connectivity index (χ0n) is 20.7. The average Bonchev–Trinajstić information content (AvgIpc) is 2.76. The fraction of sp³-hybridized carbons (Fsp3) is 0.500. The van der Waals surface area contributed by atoms with Crippen molar-refractivity contribution in [3.8, 4) is 11.5 Å². The second kappa shape index (κ2) is 9.49. The third-order valence-electron chi connectivity index (χ3n) is 6.38. The number of thioether (sulfide) groups is 1. The van der Waals surface area contributed by atoms with Gasteiger partial charge in [-0.25, -0.2) is 4.98 Å². The van der Waals surface area contributed by atoms with Crippen molar-refractivity contribution in [3.63, 3.8) is 0 Å². The van der Waals surface area contributed by atoms with E-state index in [0.29, 0.717) is 52.4 Å². The summed E-state index contributed by atoms with van der Waals surface area (Å²) in [5.74, 6) is 2.65. The Morgan fingerprint density at radius 3 is 2.56 bits per heavy atom. The van der Waals surface area contributed by atoms with E-state index in [9.17, 15) is 9.59 Å². The summed E-state index contributed by atoms with van der Waals surface area (Å²) in [6, 6.07) is 5.55. The summed E-state index contributed by atoms with van der Waals surface area (Å²) in [4.78, 5) is 34.6. The molecule has 0 radical (unpaired) electrons. The molecule has 1 aliphatic heterocycles. The summed E-state index contributed by atoms with van der Waals surface area (Å²) in [6.45, 7) is 8.54. The Morgan fingerprint density at radius 1 is 1.15 bits per heavy atom. The number of methoxy groups -OCH3 is 2. The van der Waals surface area contributed by atoms with E-state index in [1.54, 1.807) is 26.0 Å². The molecule has 2 N–H and O–H groups in total. The molecular weight excluding hydrogens is 450 g/mol. The highest BCUT2D eigenvalue weighted by atomic mass is 32.2. The Balaban J connectivity index is 1.86. The van der Waals surface area contributed by atoms with Crippen LogP contribution in [0.4, 0.5) is 5.82 Å². The number of hydrogen-bond donors (Lipinski definition) is 2. The first-order valence-corrected chi connectivity index (χ1v) is 12.6. The molecule has 0 saturated carbocycles. The smallest absolute Gasteiger partial charge is 0.257 e. The molecule has 0 spiro atoms. The normalized spacial score (nSPS) is 18.9. The highest BCUT2D eigenvalue weighted by molar-refractivity contribution is 7.99. The fourth-order valence-corrected chi connectivity index (χ4v) is 5.82. The molecule has 7 nitrogen and oxygen atoms in total. The van der Waals surface area contributed by atoms with Gasteiger partial charge in [-0.3, -0.25) is 9.59 Å². The highest BCUT2D eigenvalue weighted by Crippen LogP contribution is 2.48. The summed E-state index contributed by atoms with van der Waals surface area (Å²) in [7, 11) is 3.16. The monoisotopic (exact) mass is 483 g/mol. The number of H-pyrrole nitrogens is 1. The molecule has 0 saturated heterocycles. The molecule has 0 unspecified atom stereocenters. The SMILES string of the molecule is COc1ccc([C@H]2C3=C(CC(C)(C)CC3=O)Nc3nc(SCCC(C)C)[nH]c(=O)c32)cc1OC. The number of allylic oxidation sites excluding steroid dienone is 2. The van der Waals surface area contributed by atoms with Crippen molar-refractivity contribution < 1.29 is 14.3 Å². The van der Waals surface area contributed by atoms with Crippen molar-refractivity contribution in [1.82, 2.24) is 9.97 Å². The maximum atomic E-state index is 13.4. The van der Waals surface area contributed by atoms with Gasteiger partial charge < -0.3 is 19.8 Å². The van der Waals surface area contributed by atoms with Gasteiger partial charge in [-0.2, -0.15) is 0 Å². The number of Topliss-reactive ketones (excluding diaryl/α,β-unsaturated/α-hetero) is 1. The average molecular weight is 484 g/mol. The van der Waals surface area contributed by atoms with Crippen LogP contribution in [0.15, 0.2) is 39.4 Å². The summed E-state index contributed by atoms with van der Waals surface area (Å²) >= 11 is 1.55. The number of rotatable bonds is 7. The number of ketones is 1. The number of nitrogens with one attached hydrogen (secondary N) is 2. The largest absolute Gasteiger partial charge is 0.493 e. The summed E-state index contributed by atoms with van der Waals surface area (Å²) in [6.07, 6.45) is 2.17. The Bertz CT molecular complexity index is 1200. The molecule has 1 atom stereocenters. The number of hydrogen-bond acceptors (Lipinski definition) is 7. The minimum absolute atomic E-state index is 0.0546. The molecule has 182 valence electrons. The van der Waals surface area contributed by atoms with Gasteiger partial charge in [0, 0.05) is 29.4 Å². The van der Waals surface area contributed by atoms with Crippen LogP contribution in [0.3, 0.4) is 0 Å². The number of aromatic amines is 1. The van der Waals surface area contributed by atoms with Gasteiger partial charge >= 0.3 is 0 Å². The van der Waals surface area contributed by atoms with Crippen LogP contribution in [0.2, 0.25) is 0 Å². The van der Waals surface area contributed by atoms with Gasteiger partial charge in [-0.15, -0.1) is 0 Å². The van der Waals surface area contributed by atoms with E-state index in [1.807, 2.05) is 18.2 Å². The second-order valence-electron chi connectivity index (χ2n) is 10.2. The second-order valence-corrected chi connectivity index (χ2v) is 11.3. The quantitative estimate of drug-likeness (QED) is 0.417. The maximum Gasteiger partial charge on any atom is 0.257 e. The van der Waals surface area contributed by atoms with E-state index in [1.165, 1.54) is 0 Å². The van der Waals surface area contributed by atoms with Crippen molar-refractivity contribution in [1.29, 1.82) is 0 Å². The number of benzene rings is 1. The van der Waals surface area contributed by atoms with Crippen LogP contribution < -0.4 is 20.3 Å². The summed E-state index contributed by atoms with van der Waals surface area (Å²) < 4.78 is 10.9. The zero-order chi connectivity index (χ0) is 24.6. The molecule has 34 heavy (non-hydrogen) atoms. The number of nitrogens with zero attached hydrogens (tertiary/aromatic N) is 1. The first kappa shape index (κ1) is 24.4. The number of fused-ring (bicyclic) bond motifs is 1. The molecule has 2 heterocycles. The Hall–Kier alpha value is -2.74. The minimum Gasteiger partial charge on any atom is -0.493 e. The molecule has 1 aromatic carbocycles. The molecule has 0 amide bonds. The fourth-order valence-electron chi connectivity index (χ4n) is 4.72. The van der Waals surface area contributed by atoms with Gasteiger partial charge in [0.25, 0.3) is 5.56 Å². The van der Waals surface area contributed by atoms with Crippen molar-refractivity contribution in [3.05, 3.63) is 50.9 Å². The first-order chi connectivity index (χ1) is 16.1.